The lowest BCUT2D eigenvalue weighted by atomic mass is 10.3. The van der Waals surface area contributed by atoms with Gasteiger partial charge in [-0.3, -0.25) is 0 Å². The van der Waals surface area contributed by atoms with Crippen molar-refractivity contribution in [2.45, 2.75) is 0 Å². The van der Waals surface area contributed by atoms with Gasteiger partial charge in [-0.15, -0.1) is 0 Å². The van der Waals surface area contributed by atoms with Crippen LogP contribution in [0.1, 0.15) is 0 Å². The number of hydrogen-bond donors (Lipinski definition) is 1. The van der Waals surface area contributed by atoms with Gasteiger partial charge in [0.05, 0.1) is 11.6 Å². The molecule has 0 amide bonds. The first kappa shape index (κ1) is 9.68. The van der Waals surface area contributed by atoms with Gasteiger partial charge in [0.2, 0.25) is 0 Å². The van der Waals surface area contributed by atoms with E-state index in [0.717, 1.165) is 0 Å². The predicted octanol–water partition coefficient (Wildman–Crippen LogP) is 2.79. The molecule has 0 saturated heterocycles. The van der Waals surface area contributed by atoms with Crippen LogP contribution in [0, 0.1) is 5.82 Å². The molecule has 0 aliphatic carbocycles. The van der Waals surface area contributed by atoms with Gasteiger partial charge < -0.3 is 4.74 Å². The molecule has 12 heavy (non-hydrogen) atoms. The molecule has 0 atom stereocenters. The highest BCUT2D eigenvalue weighted by Gasteiger charge is 2.00. The Morgan fingerprint density at radius 3 is 2.83 bits per heavy atom. The second kappa shape index (κ2) is 4.58. The summed E-state index contributed by atoms with van der Waals surface area (Å²) in [6.07, 6.45) is 0. The SMILES string of the molecule is Fc1ccc(OCCS)cc1Cl. The molecule has 0 aliphatic heterocycles. The molecule has 1 aromatic carbocycles. The number of rotatable bonds is 3. The quantitative estimate of drug-likeness (QED) is 0.749. The third-order valence-corrected chi connectivity index (χ3v) is 1.72. The molecule has 0 aliphatic rings. The summed E-state index contributed by atoms with van der Waals surface area (Å²) in [5.41, 5.74) is 0. The van der Waals surface area contributed by atoms with Crippen LogP contribution in [0.4, 0.5) is 4.39 Å². The van der Waals surface area contributed by atoms with E-state index in [4.69, 9.17) is 16.3 Å². The van der Waals surface area contributed by atoms with Crippen molar-refractivity contribution in [1.82, 2.24) is 0 Å². The Morgan fingerprint density at radius 1 is 1.50 bits per heavy atom. The molecule has 66 valence electrons. The summed E-state index contributed by atoms with van der Waals surface area (Å²) in [6.45, 7) is 0.491. The molecule has 0 saturated carbocycles. The molecular weight excluding hydrogens is 199 g/mol. The van der Waals surface area contributed by atoms with Crippen LogP contribution in [0.15, 0.2) is 18.2 Å². The molecule has 4 heteroatoms. The van der Waals surface area contributed by atoms with Gasteiger partial charge in [-0.2, -0.15) is 12.6 Å². The first-order valence-corrected chi connectivity index (χ1v) is 4.44. The van der Waals surface area contributed by atoms with Gasteiger partial charge in [0, 0.05) is 11.8 Å². The summed E-state index contributed by atoms with van der Waals surface area (Å²) >= 11 is 9.48. The van der Waals surface area contributed by atoms with Gasteiger partial charge in [0.25, 0.3) is 0 Å². The highest BCUT2D eigenvalue weighted by atomic mass is 35.5. The van der Waals surface area contributed by atoms with Crippen molar-refractivity contribution in [3.8, 4) is 5.75 Å². The molecule has 0 heterocycles. The summed E-state index contributed by atoms with van der Waals surface area (Å²) in [4.78, 5) is 0. The van der Waals surface area contributed by atoms with Crippen LogP contribution in [-0.4, -0.2) is 12.4 Å². The van der Waals surface area contributed by atoms with E-state index in [-0.39, 0.29) is 5.02 Å². The minimum atomic E-state index is -0.435. The van der Waals surface area contributed by atoms with E-state index < -0.39 is 5.82 Å². The van der Waals surface area contributed by atoms with Gasteiger partial charge in [0.15, 0.2) is 0 Å². The fourth-order valence-corrected chi connectivity index (χ4v) is 0.992. The zero-order chi connectivity index (χ0) is 8.97. The van der Waals surface area contributed by atoms with E-state index in [1.807, 2.05) is 0 Å². The van der Waals surface area contributed by atoms with E-state index in [9.17, 15) is 4.39 Å². The second-order valence-corrected chi connectivity index (χ2v) is 3.00. The third kappa shape index (κ3) is 2.57. The van der Waals surface area contributed by atoms with Crippen LogP contribution in [0.2, 0.25) is 5.02 Å². The molecule has 0 aromatic heterocycles. The molecule has 0 radical (unpaired) electrons. The Kier molecular flexibility index (Phi) is 3.69. The van der Waals surface area contributed by atoms with Gasteiger partial charge in [-0.1, -0.05) is 11.6 Å². The lowest BCUT2D eigenvalue weighted by molar-refractivity contribution is 0.343. The zero-order valence-corrected chi connectivity index (χ0v) is 7.91. The Labute approximate surface area is 80.9 Å². The molecule has 1 aromatic rings. The van der Waals surface area contributed by atoms with E-state index >= 15 is 0 Å². The normalized spacial score (nSPS) is 9.92. The highest BCUT2D eigenvalue weighted by molar-refractivity contribution is 7.80. The van der Waals surface area contributed by atoms with Crippen molar-refractivity contribution < 1.29 is 9.13 Å². The first-order valence-electron chi connectivity index (χ1n) is 3.43. The Morgan fingerprint density at radius 2 is 2.25 bits per heavy atom. The van der Waals surface area contributed by atoms with Gasteiger partial charge in [0.1, 0.15) is 11.6 Å². The lowest BCUT2D eigenvalue weighted by Gasteiger charge is -2.03. The van der Waals surface area contributed by atoms with Crippen LogP contribution < -0.4 is 4.74 Å². The number of halogens is 2. The maximum Gasteiger partial charge on any atom is 0.142 e. The van der Waals surface area contributed by atoms with Crippen molar-refractivity contribution in [3.63, 3.8) is 0 Å². The lowest BCUT2D eigenvalue weighted by Crippen LogP contribution is -1.97. The molecule has 1 rings (SSSR count). The minimum Gasteiger partial charge on any atom is -0.493 e. The van der Waals surface area contributed by atoms with Gasteiger partial charge in [-0.25, -0.2) is 4.39 Å². The monoisotopic (exact) mass is 206 g/mol. The largest absolute Gasteiger partial charge is 0.493 e. The smallest absolute Gasteiger partial charge is 0.142 e. The molecule has 0 N–H and O–H groups in total. The van der Waals surface area contributed by atoms with Gasteiger partial charge >= 0.3 is 0 Å². The predicted molar refractivity (Wildman–Crippen MR) is 50.8 cm³/mol. The van der Waals surface area contributed by atoms with Crippen molar-refractivity contribution in [3.05, 3.63) is 29.0 Å². The fourth-order valence-electron chi connectivity index (χ4n) is 0.730. The molecule has 0 fully saturated rings. The zero-order valence-electron chi connectivity index (χ0n) is 6.26. The highest BCUT2D eigenvalue weighted by Crippen LogP contribution is 2.20. The Balaban J connectivity index is 2.69. The average Bonchev–Trinajstić information content (AvgIpc) is 2.07. The van der Waals surface area contributed by atoms with Crippen molar-refractivity contribution in [2.75, 3.05) is 12.4 Å². The maximum absolute atomic E-state index is 12.6. The summed E-state index contributed by atoms with van der Waals surface area (Å²) in [5.74, 6) is 0.750. The van der Waals surface area contributed by atoms with Crippen LogP contribution in [0.5, 0.6) is 5.75 Å². The van der Waals surface area contributed by atoms with Crippen LogP contribution in [-0.2, 0) is 0 Å². The van der Waals surface area contributed by atoms with Crippen molar-refractivity contribution in [1.29, 1.82) is 0 Å². The van der Waals surface area contributed by atoms with E-state index in [0.29, 0.717) is 18.1 Å². The summed E-state index contributed by atoms with van der Waals surface area (Å²) in [6, 6.07) is 4.25. The summed E-state index contributed by atoms with van der Waals surface area (Å²) < 4.78 is 17.8. The van der Waals surface area contributed by atoms with E-state index in [1.165, 1.54) is 18.2 Å². The van der Waals surface area contributed by atoms with Crippen LogP contribution in [0.25, 0.3) is 0 Å². The Hall–Kier alpha value is -0.410. The topological polar surface area (TPSA) is 9.23 Å². The molecule has 1 nitrogen and oxygen atoms in total. The summed E-state index contributed by atoms with van der Waals surface area (Å²) in [7, 11) is 0. The maximum atomic E-state index is 12.6. The van der Waals surface area contributed by atoms with Crippen molar-refractivity contribution >= 4 is 24.2 Å². The average molecular weight is 207 g/mol. The standard InChI is InChI=1S/C8H8ClFOS/c9-7-5-6(11-3-4-12)1-2-8(7)10/h1-2,5,12H,3-4H2. The van der Waals surface area contributed by atoms with Crippen LogP contribution >= 0.6 is 24.2 Å². The minimum absolute atomic E-state index is 0.0756. The first-order chi connectivity index (χ1) is 5.74. The van der Waals surface area contributed by atoms with Crippen molar-refractivity contribution in [2.24, 2.45) is 0 Å². The number of benzene rings is 1. The fraction of sp³-hybridized carbons (Fsp3) is 0.250. The molecule has 0 bridgehead atoms. The second-order valence-electron chi connectivity index (χ2n) is 2.15. The number of hydrogen-bond acceptors (Lipinski definition) is 2. The Bertz CT molecular complexity index is 267. The van der Waals surface area contributed by atoms with Crippen LogP contribution in [0.3, 0.4) is 0 Å². The number of ether oxygens (including phenoxy) is 1. The molecular formula is C8H8ClFOS. The third-order valence-electron chi connectivity index (χ3n) is 1.25. The van der Waals surface area contributed by atoms with E-state index in [2.05, 4.69) is 12.6 Å². The van der Waals surface area contributed by atoms with Gasteiger partial charge in [-0.05, 0) is 12.1 Å². The van der Waals surface area contributed by atoms with E-state index in [1.54, 1.807) is 0 Å². The summed E-state index contributed by atoms with van der Waals surface area (Å²) in [5, 5.41) is 0.0756. The molecule has 0 spiro atoms. The molecule has 0 unspecified atom stereocenters. The number of thiol groups is 1.